The zero-order chi connectivity index (χ0) is 8.72. The highest BCUT2D eigenvalue weighted by atomic mass is 79.9. The van der Waals surface area contributed by atoms with Crippen molar-refractivity contribution in [2.75, 3.05) is 5.73 Å². The predicted octanol–water partition coefficient (Wildman–Crippen LogP) is 2.78. The van der Waals surface area contributed by atoms with E-state index in [1.165, 1.54) is 23.5 Å². The van der Waals surface area contributed by atoms with Gasteiger partial charge in [0.1, 0.15) is 5.82 Å². The summed E-state index contributed by atoms with van der Waals surface area (Å²) in [6, 6.07) is 2.77. The molecular weight excluding hydrogens is 243 g/mol. The van der Waals surface area contributed by atoms with Gasteiger partial charge >= 0.3 is 0 Å². The molecule has 1 aromatic carbocycles. The molecule has 1 heterocycles. The number of hydrogen-bond acceptors (Lipinski definition) is 3. The number of fused-ring (bicyclic) bond motifs is 1. The highest BCUT2D eigenvalue weighted by Gasteiger charge is 2.06. The van der Waals surface area contributed by atoms with Gasteiger partial charge in [-0.3, -0.25) is 0 Å². The predicted molar refractivity (Wildman–Crippen MR) is 51.7 cm³/mol. The van der Waals surface area contributed by atoms with E-state index in [1.54, 1.807) is 0 Å². The molecule has 2 aromatic rings. The van der Waals surface area contributed by atoms with Crippen molar-refractivity contribution in [1.29, 1.82) is 0 Å². The molecular formula is C7H4BrFN2S. The van der Waals surface area contributed by atoms with Crippen molar-refractivity contribution in [2.45, 2.75) is 0 Å². The lowest BCUT2D eigenvalue weighted by Crippen LogP contribution is -1.79. The largest absolute Gasteiger partial charge is 0.375 e. The van der Waals surface area contributed by atoms with Crippen LogP contribution < -0.4 is 5.73 Å². The molecule has 0 aliphatic rings. The molecule has 0 amide bonds. The highest BCUT2D eigenvalue weighted by molar-refractivity contribution is 9.10. The van der Waals surface area contributed by atoms with Crippen LogP contribution in [-0.2, 0) is 0 Å². The van der Waals surface area contributed by atoms with Crippen molar-refractivity contribution in [1.82, 2.24) is 4.98 Å². The Kier molecular flexibility index (Phi) is 1.77. The number of benzene rings is 1. The summed E-state index contributed by atoms with van der Waals surface area (Å²) >= 11 is 4.58. The SMILES string of the molecule is Nc1nc2cc(F)cc(Br)c2s1. The minimum atomic E-state index is -0.306. The van der Waals surface area contributed by atoms with E-state index >= 15 is 0 Å². The van der Waals surface area contributed by atoms with Crippen LogP contribution in [0.15, 0.2) is 16.6 Å². The van der Waals surface area contributed by atoms with Crippen LogP contribution in [0.25, 0.3) is 10.2 Å². The number of nitrogens with two attached hydrogens (primary N) is 1. The van der Waals surface area contributed by atoms with Crippen molar-refractivity contribution in [3.63, 3.8) is 0 Å². The van der Waals surface area contributed by atoms with Gasteiger partial charge in [-0.25, -0.2) is 9.37 Å². The van der Waals surface area contributed by atoms with Gasteiger partial charge in [0.05, 0.1) is 10.2 Å². The highest BCUT2D eigenvalue weighted by Crippen LogP contribution is 2.31. The fraction of sp³-hybridized carbons (Fsp3) is 0. The molecule has 0 aliphatic carbocycles. The van der Waals surface area contributed by atoms with Crippen molar-refractivity contribution < 1.29 is 4.39 Å². The van der Waals surface area contributed by atoms with E-state index in [4.69, 9.17) is 5.73 Å². The third-order valence-corrected chi connectivity index (χ3v) is 3.25. The van der Waals surface area contributed by atoms with Gasteiger partial charge in [0.2, 0.25) is 0 Å². The monoisotopic (exact) mass is 246 g/mol. The molecule has 5 heteroatoms. The van der Waals surface area contributed by atoms with Gasteiger partial charge in [0.15, 0.2) is 5.13 Å². The molecule has 0 spiro atoms. The normalized spacial score (nSPS) is 10.8. The van der Waals surface area contributed by atoms with Crippen LogP contribution in [0.2, 0.25) is 0 Å². The molecule has 2 rings (SSSR count). The number of anilines is 1. The zero-order valence-electron chi connectivity index (χ0n) is 5.84. The molecule has 0 unspecified atom stereocenters. The first-order chi connectivity index (χ1) is 5.66. The van der Waals surface area contributed by atoms with Crippen LogP contribution in [0.5, 0.6) is 0 Å². The smallest absolute Gasteiger partial charge is 0.181 e. The lowest BCUT2D eigenvalue weighted by Gasteiger charge is -1.91. The van der Waals surface area contributed by atoms with Crippen LogP contribution in [-0.4, -0.2) is 4.98 Å². The van der Waals surface area contributed by atoms with E-state index in [0.717, 1.165) is 4.70 Å². The lowest BCUT2D eigenvalue weighted by atomic mass is 10.3. The summed E-state index contributed by atoms with van der Waals surface area (Å²) < 4.78 is 14.4. The van der Waals surface area contributed by atoms with E-state index in [-0.39, 0.29) is 5.82 Å². The second kappa shape index (κ2) is 2.67. The van der Waals surface area contributed by atoms with Crippen LogP contribution in [0.4, 0.5) is 9.52 Å². The molecule has 0 saturated carbocycles. The van der Waals surface area contributed by atoms with Crippen molar-refractivity contribution in [2.24, 2.45) is 0 Å². The van der Waals surface area contributed by atoms with Crippen LogP contribution in [0, 0.1) is 5.82 Å². The molecule has 0 aliphatic heterocycles. The lowest BCUT2D eigenvalue weighted by molar-refractivity contribution is 0.629. The Hall–Kier alpha value is -0.680. The summed E-state index contributed by atoms with van der Waals surface area (Å²) in [5.41, 5.74) is 6.07. The molecule has 0 fully saturated rings. The van der Waals surface area contributed by atoms with Crippen LogP contribution >= 0.6 is 27.3 Å². The summed E-state index contributed by atoms with van der Waals surface area (Å²) in [5.74, 6) is -0.306. The van der Waals surface area contributed by atoms with Gasteiger partial charge < -0.3 is 5.73 Å². The summed E-state index contributed by atoms with van der Waals surface area (Å²) in [6.07, 6.45) is 0. The summed E-state index contributed by atoms with van der Waals surface area (Å²) in [5, 5.41) is 0.455. The first-order valence-electron chi connectivity index (χ1n) is 3.18. The summed E-state index contributed by atoms with van der Waals surface area (Å²) in [6.45, 7) is 0. The van der Waals surface area contributed by atoms with E-state index in [0.29, 0.717) is 15.1 Å². The number of nitrogens with zero attached hydrogens (tertiary/aromatic N) is 1. The third-order valence-electron chi connectivity index (χ3n) is 1.43. The van der Waals surface area contributed by atoms with E-state index in [9.17, 15) is 4.39 Å². The molecule has 62 valence electrons. The van der Waals surface area contributed by atoms with Crippen LogP contribution in [0.3, 0.4) is 0 Å². The Morgan fingerprint density at radius 1 is 1.50 bits per heavy atom. The molecule has 12 heavy (non-hydrogen) atoms. The quantitative estimate of drug-likeness (QED) is 0.777. The van der Waals surface area contributed by atoms with Crippen molar-refractivity contribution >= 4 is 42.6 Å². The second-order valence-corrected chi connectivity index (χ2v) is 4.17. The first kappa shape index (κ1) is 7.94. The van der Waals surface area contributed by atoms with E-state index in [1.807, 2.05) is 0 Å². The molecule has 0 radical (unpaired) electrons. The number of aromatic nitrogens is 1. The Morgan fingerprint density at radius 2 is 2.25 bits per heavy atom. The average Bonchev–Trinajstić information content (AvgIpc) is 2.29. The maximum absolute atomic E-state index is 12.8. The molecule has 1 aromatic heterocycles. The fourth-order valence-electron chi connectivity index (χ4n) is 0.977. The standard InChI is InChI=1S/C7H4BrFN2S/c8-4-1-3(9)2-5-6(4)12-7(10)11-5/h1-2H,(H2,10,11). The number of nitrogen functional groups attached to an aromatic ring is 1. The van der Waals surface area contributed by atoms with Gasteiger partial charge in [-0.15, -0.1) is 0 Å². The van der Waals surface area contributed by atoms with Crippen LogP contribution in [0.1, 0.15) is 0 Å². The maximum Gasteiger partial charge on any atom is 0.181 e. The Balaban J connectivity index is 2.88. The Morgan fingerprint density at radius 3 is 3.00 bits per heavy atom. The second-order valence-electron chi connectivity index (χ2n) is 2.29. The number of halogens is 2. The zero-order valence-corrected chi connectivity index (χ0v) is 8.25. The molecule has 0 bridgehead atoms. The maximum atomic E-state index is 12.8. The number of rotatable bonds is 0. The third kappa shape index (κ3) is 1.19. The fourth-order valence-corrected chi connectivity index (χ4v) is 2.36. The Bertz CT molecular complexity index is 440. The summed E-state index contributed by atoms with van der Waals surface area (Å²) in [4.78, 5) is 3.96. The van der Waals surface area contributed by atoms with Gasteiger partial charge in [-0.05, 0) is 22.0 Å². The average molecular weight is 247 g/mol. The number of thiazole rings is 1. The van der Waals surface area contributed by atoms with Gasteiger partial charge in [-0.2, -0.15) is 0 Å². The molecule has 0 saturated heterocycles. The number of hydrogen-bond donors (Lipinski definition) is 1. The first-order valence-corrected chi connectivity index (χ1v) is 4.79. The minimum absolute atomic E-state index is 0.306. The minimum Gasteiger partial charge on any atom is -0.375 e. The summed E-state index contributed by atoms with van der Waals surface area (Å²) in [7, 11) is 0. The van der Waals surface area contributed by atoms with Gasteiger partial charge in [-0.1, -0.05) is 11.3 Å². The van der Waals surface area contributed by atoms with Gasteiger partial charge in [0, 0.05) is 10.5 Å². The van der Waals surface area contributed by atoms with Crippen molar-refractivity contribution in [3.05, 3.63) is 22.4 Å². The Labute approximate surface area is 80.3 Å². The molecule has 0 atom stereocenters. The van der Waals surface area contributed by atoms with Crippen molar-refractivity contribution in [3.8, 4) is 0 Å². The molecule has 2 N–H and O–H groups in total. The molecule has 2 nitrogen and oxygen atoms in total. The van der Waals surface area contributed by atoms with E-state index in [2.05, 4.69) is 20.9 Å². The topological polar surface area (TPSA) is 38.9 Å². The van der Waals surface area contributed by atoms with Gasteiger partial charge in [0.25, 0.3) is 0 Å². The van der Waals surface area contributed by atoms with E-state index < -0.39 is 0 Å².